The SMILES string of the molecule is C/C=C/C[N@@+](C)(CCO)Cc1ccccc1. The molecular formula is C14H22NO+. The summed E-state index contributed by atoms with van der Waals surface area (Å²) in [5.74, 6) is 0. The molecule has 88 valence electrons. The Morgan fingerprint density at radius 1 is 1.25 bits per heavy atom. The van der Waals surface area contributed by atoms with Gasteiger partial charge in [-0.1, -0.05) is 36.4 Å². The molecule has 0 aliphatic carbocycles. The van der Waals surface area contributed by atoms with Crippen molar-refractivity contribution < 1.29 is 9.59 Å². The number of quaternary nitrogens is 1. The number of likely N-dealkylation sites (N-methyl/N-ethyl adjacent to an activating group) is 1. The van der Waals surface area contributed by atoms with Crippen LogP contribution in [0.4, 0.5) is 0 Å². The van der Waals surface area contributed by atoms with Gasteiger partial charge in [0.15, 0.2) is 0 Å². The summed E-state index contributed by atoms with van der Waals surface area (Å²) in [6.45, 7) is 4.99. The van der Waals surface area contributed by atoms with Gasteiger partial charge in [-0.05, 0) is 13.0 Å². The van der Waals surface area contributed by atoms with Gasteiger partial charge in [-0.15, -0.1) is 0 Å². The number of hydrogen-bond donors (Lipinski definition) is 1. The zero-order valence-electron chi connectivity index (χ0n) is 10.3. The van der Waals surface area contributed by atoms with Crippen molar-refractivity contribution in [3.8, 4) is 0 Å². The first-order valence-electron chi connectivity index (χ1n) is 5.80. The highest BCUT2D eigenvalue weighted by molar-refractivity contribution is 5.13. The molecule has 1 atom stereocenters. The maximum atomic E-state index is 9.14. The summed E-state index contributed by atoms with van der Waals surface area (Å²) in [6.07, 6.45) is 4.23. The fourth-order valence-corrected chi connectivity index (χ4v) is 1.86. The van der Waals surface area contributed by atoms with Crippen molar-refractivity contribution in [3.63, 3.8) is 0 Å². The fourth-order valence-electron chi connectivity index (χ4n) is 1.86. The summed E-state index contributed by atoms with van der Waals surface area (Å²) in [4.78, 5) is 0. The first-order valence-corrected chi connectivity index (χ1v) is 5.80. The Morgan fingerprint density at radius 2 is 1.94 bits per heavy atom. The lowest BCUT2D eigenvalue weighted by molar-refractivity contribution is -0.917. The van der Waals surface area contributed by atoms with Crippen LogP contribution < -0.4 is 0 Å². The monoisotopic (exact) mass is 220 g/mol. The average molecular weight is 220 g/mol. The van der Waals surface area contributed by atoms with Crippen molar-refractivity contribution in [3.05, 3.63) is 48.0 Å². The molecule has 1 N–H and O–H groups in total. The second kappa shape index (κ2) is 6.46. The fraction of sp³-hybridized carbons (Fsp3) is 0.429. The van der Waals surface area contributed by atoms with Crippen LogP contribution in [0.25, 0.3) is 0 Å². The van der Waals surface area contributed by atoms with Crippen molar-refractivity contribution >= 4 is 0 Å². The Bertz CT molecular complexity index is 321. The van der Waals surface area contributed by atoms with Gasteiger partial charge in [-0.3, -0.25) is 0 Å². The molecular weight excluding hydrogens is 198 g/mol. The van der Waals surface area contributed by atoms with Crippen molar-refractivity contribution in [2.45, 2.75) is 13.5 Å². The average Bonchev–Trinajstić information content (AvgIpc) is 2.28. The highest BCUT2D eigenvalue weighted by Gasteiger charge is 2.19. The lowest BCUT2D eigenvalue weighted by Crippen LogP contribution is -2.45. The largest absolute Gasteiger partial charge is 0.391 e. The summed E-state index contributed by atoms with van der Waals surface area (Å²) >= 11 is 0. The van der Waals surface area contributed by atoms with Gasteiger partial charge in [0, 0.05) is 5.56 Å². The topological polar surface area (TPSA) is 20.2 Å². The molecule has 0 radical (unpaired) electrons. The number of allylic oxidation sites excluding steroid dienone is 1. The second-order valence-corrected chi connectivity index (χ2v) is 4.46. The van der Waals surface area contributed by atoms with E-state index in [1.807, 2.05) is 13.0 Å². The van der Waals surface area contributed by atoms with E-state index in [0.29, 0.717) is 0 Å². The second-order valence-electron chi connectivity index (χ2n) is 4.46. The highest BCUT2D eigenvalue weighted by atomic mass is 16.3. The molecule has 0 amide bonds. The van der Waals surface area contributed by atoms with Crippen molar-refractivity contribution in [1.29, 1.82) is 0 Å². The molecule has 0 spiro atoms. The molecule has 0 bridgehead atoms. The van der Waals surface area contributed by atoms with E-state index < -0.39 is 0 Å². The Hall–Kier alpha value is -1.12. The quantitative estimate of drug-likeness (QED) is 0.575. The minimum atomic E-state index is 0.237. The molecule has 0 aliphatic heterocycles. The maximum Gasteiger partial charge on any atom is 0.104 e. The summed E-state index contributed by atoms with van der Waals surface area (Å²) in [5, 5.41) is 9.14. The van der Waals surface area contributed by atoms with Gasteiger partial charge in [0.2, 0.25) is 0 Å². The smallest absolute Gasteiger partial charge is 0.104 e. The Labute approximate surface area is 98.4 Å². The molecule has 0 fully saturated rings. The summed E-state index contributed by atoms with van der Waals surface area (Å²) < 4.78 is 0.852. The predicted octanol–water partition coefficient (Wildman–Crippen LogP) is 2.20. The van der Waals surface area contributed by atoms with Crippen LogP contribution in [0.2, 0.25) is 0 Å². The minimum absolute atomic E-state index is 0.237. The standard InChI is InChI=1S/C14H22NO/c1-3-4-10-15(2,11-12-16)13-14-8-6-5-7-9-14/h3-9,16H,10-13H2,1-2H3/q+1/b4-3+/t15-/m0/s1. The molecule has 0 saturated heterocycles. The van der Waals surface area contributed by atoms with Gasteiger partial charge in [0.05, 0.1) is 20.2 Å². The van der Waals surface area contributed by atoms with E-state index in [4.69, 9.17) is 5.11 Å². The summed E-state index contributed by atoms with van der Waals surface area (Å²) in [5.41, 5.74) is 1.32. The molecule has 0 unspecified atom stereocenters. The van der Waals surface area contributed by atoms with Gasteiger partial charge < -0.3 is 9.59 Å². The third-order valence-corrected chi connectivity index (χ3v) is 2.83. The Balaban J connectivity index is 2.70. The van der Waals surface area contributed by atoms with Crippen LogP contribution in [0.1, 0.15) is 12.5 Å². The normalized spacial score (nSPS) is 15.2. The molecule has 0 aliphatic rings. The molecule has 16 heavy (non-hydrogen) atoms. The van der Waals surface area contributed by atoms with E-state index in [0.717, 1.165) is 24.1 Å². The van der Waals surface area contributed by atoms with E-state index in [9.17, 15) is 0 Å². The van der Waals surface area contributed by atoms with Crippen molar-refractivity contribution in [2.75, 3.05) is 26.7 Å². The first kappa shape index (κ1) is 12.9. The zero-order chi connectivity index (χ0) is 11.9. The number of rotatable bonds is 6. The molecule has 2 heteroatoms. The number of nitrogens with zero attached hydrogens (tertiary/aromatic N) is 1. The van der Waals surface area contributed by atoms with Crippen LogP contribution in [0, 0.1) is 0 Å². The zero-order valence-corrected chi connectivity index (χ0v) is 10.3. The Morgan fingerprint density at radius 3 is 2.50 bits per heavy atom. The molecule has 0 heterocycles. The van der Waals surface area contributed by atoms with Crippen LogP contribution in [0.3, 0.4) is 0 Å². The molecule has 1 aromatic rings. The third-order valence-electron chi connectivity index (χ3n) is 2.83. The molecule has 1 aromatic carbocycles. The molecule has 2 nitrogen and oxygen atoms in total. The number of benzene rings is 1. The number of aliphatic hydroxyl groups excluding tert-OH is 1. The summed E-state index contributed by atoms with van der Waals surface area (Å²) in [6, 6.07) is 10.4. The lowest BCUT2D eigenvalue weighted by atomic mass is 10.2. The van der Waals surface area contributed by atoms with Crippen molar-refractivity contribution in [2.24, 2.45) is 0 Å². The van der Waals surface area contributed by atoms with Gasteiger partial charge in [-0.25, -0.2) is 0 Å². The number of aliphatic hydroxyl groups is 1. The summed E-state index contributed by atoms with van der Waals surface area (Å²) in [7, 11) is 2.18. The van der Waals surface area contributed by atoms with E-state index in [-0.39, 0.29) is 6.61 Å². The third kappa shape index (κ3) is 4.17. The van der Waals surface area contributed by atoms with E-state index >= 15 is 0 Å². The lowest BCUT2D eigenvalue weighted by Gasteiger charge is -2.33. The van der Waals surface area contributed by atoms with Crippen LogP contribution >= 0.6 is 0 Å². The van der Waals surface area contributed by atoms with Crippen LogP contribution in [-0.4, -0.2) is 36.3 Å². The molecule has 0 aromatic heterocycles. The predicted molar refractivity (Wildman–Crippen MR) is 68.0 cm³/mol. The maximum absolute atomic E-state index is 9.14. The van der Waals surface area contributed by atoms with Gasteiger partial charge in [0.1, 0.15) is 13.1 Å². The van der Waals surface area contributed by atoms with Gasteiger partial charge >= 0.3 is 0 Å². The van der Waals surface area contributed by atoms with Gasteiger partial charge in [-0.2, -0.15) is 0 Å². The van der Waals surface area contributed by atoms with Gasteiger partial charge in [0.25, 0.3) is 0 Å². The minimum Gasteiger partial charge on any atom is -0.391 e. The van der Waals surface area contributed by atoms with Crippen LogP contribution in [-0.2, 0) is 6.54 Å². The molecule has 1 rings (SSSR count). The Kier molecular flexibility index (Phi) is 5.23. The van der Waals surface area contributed by atoms with E-state index in [1.54, 1.807) is 0 Å². The van der Waals surface area contributed by atoms with Crippen molar-refractivity contribution in [1.82, 2.24) is 0 Å². The van der Waals surface area contributed by atoms with E-state index in [1.165, 1.54) is 5.56 Å². The first-order chi connectivity index (χ1) is 7.70. The molecule has 0 saturated carbocycles. The number of hydrogen-bond acceptors (Lipinski definition) is 1. The van der Waals surface area contributed by atoms with E-state index in [2.05, 4.69) is 43.5 Å². The van der Waals surface area contributed by atoms with Crippen LogP contribution in [0.15, 0.2) is 42.5 Å². The highest BCUT2D eigenvalue weighted by Crippen LogP contribution is 2.11. The van der Waals surface area contributed by atoms with Crippen LogP contribution in [0.5, 0.6) is 0 Å².